The van der Waals surface area contributed by atoms with Crippen LogP contribution >= 0.6 is 0 Å². The zero-order valence-electron chi connectivity index (χ0n) is 12.1. The lowest BCUT2D eigenvalue weighted by atomic mass is 9.78. The van der Waals surface area contributed by atoms with Crippen molar-refractivity contribution < 1.29 is 14.7 Å². The standard InChI is InChI=1S/C16H25NO3/c18-15(12-7-8-13(10-12)16(19)20)17-9-3-5-11-4-1-2-6-14(11)17/h11-14H,1-10H2,(H,19,20)/t11?,12-,13+,14?/m1/s1. The van der Waals surface area contributed by atoms with Gasteiger partial charge in [-0.1, -0.05) is 12.8 Å². The second-order valence-corrected chi connectivity index (χ2v) is 6.83. The Kier molecular flexibility index (Phi) is 3.99. The van der Waals surface area contributed by atoms with E-state index >= 15 is 0 Å². The van der Waals surface area contributed by atoms with Crippen LogP contribution < -0.4 is 0 Å². The van der Waals surface area contributed by atoms with Crippen LogP contribution in [0.4, 0.5) is 0 Å². The number of amides is 1. The van der Waals surface area contributed by atoms with E-state index in [1.54, 1.807) is 0 Å². The van der Waals surface area contributed by atoms with Crippen molar-refractivity contribution in [1.29, 1.82) is 0 Å². The molecule has 4 nitrogen and oxygen atoms in total. The molecule has 3 aliphatic rings. The van der Waals surface area contributed by atoms with Crippen molar-refractivity contribution in [3.05, 3.63) is 0 Å². The molecular weight excluding hydrogens is 254 g/mol. The molecule has 0 aromatic carbocycles. The van der Waals surface area contributed by atoms with E-state index < -0.39 is 5.97 Å². The number of fused-ring (bicyclic) bond motifs is 1. The van der Waals surface area contributed by atoms with Crippen LogP contribution in [0.25, 0.3) is 0 Å². The van der Waals surface area contributed by atoms with E-state index in [1.807, 2.05) is 0 Å². The second kappa shape index (κ2) is 5.74. The highest BCUT2D eigenvalue weighted by atomic mass is 16.4. The van der Waals surface area contributed by atoms with Gasteiger partial charge in [-0.05, 0) is 50.9 Å². The molecule has 1 saturated heterocycles. The van der Waals surface area contributed by atoms with Crippen LogP contribution in [0.3, 0.4) is 0 Å². The van der Waals surface area contributed by atoms with Gasteiger partial charge in [0.25, 0.3) is 0 Å². The Morgan fingerprint density at radius 3 is 2.35 bits per heavy atom. The van der Waals surface area contributed by atoms with E-state index in [0.717, 1.165) is 25.8 Å². The third-order valence-corrected chi connectivity index (χ3v) is 5.66. The SMILES string of the molecule is O=C(O)[C@H]1CC[C@@H](C(=O)N2CCCC3CCCCC32)C1. The molecule has 1 aliphatic heterocycles. The summed E-state index contributed by atoms with van der Waals surface area (Å²) in [5.41, 5.74) is 0. The number of carboxylic acids is 1. The number of hydrogen-bond donors (Lipinski definition) is 1. The lowest BCUT2D eigenvalue weighted by Crippen LogP contribution is -2.51. The van der Waals surface area contributed by atoms with Gasteiger partial charge in [-0.2, -0.15) is 0 Å². The highest BCUT2D eigenvalue weighted by molar-refractivity contribution is 5.81. The van der Waals surface area contributed by atoms with Crippen LogP contribution in [0, 0.1) is 17.8 Å². The van der Waals surface area contributed by atoms with E-state index in [4.69, 9.17) is 5.11 Å². The van der Waals surface area contributed by atoms with Crippen molar-refractivity contribution in [2.45, 2.75) is 63.8 Å². The maximum atomic E-state index is 12.8. The molecule has 4 heteroatoms. The summed E-state index contributed by atoms with van der Waals surface area (Å²) in [6.45, 7) is 0.897. The third kappa shape index (κ3) is 2.57. The number of rotatable bonds is 2. The molecule has 4 atom stereocenters. The molecule has 0 bridgehead atoms. The Morgan fingerprint density at radius 1 is 0.900 bits per heavy atom. The molecule has 20 heavy (non-hydrogen) atoms. The van der Waals surface area contributed by atoms with Crippen LogP contribution in [0.2, 0.25) is 0 Å². The maximum Gasteiger partial charge on any atom is 0.306 e. The number of carboxylic acid groups (broad SMARTS) is 1. The zero-order valence-corrected chi connectivity index (χ0v) is 12.1. The highest BCUT2D eigenvalue weighted by Gasteiger charge is 2.41. The largest absolute Gasteiger partial charge is 0.481 e. The molecule has 2 unspecified atom stereocenters. The number of carbonyl (C=O) groups is 2. The van der Waals surface area contributed by atoms with Crippen molar-refractivity contribution in [3.63, 3.8) is 0 Å². The van der Waals surface area contributed by atoms with Crippen LogP contribution in [0.1, 0.15) is 57.8 Å². The number of aliphatic carboxylic acids is 1. The van der Waals surface area contributed by atoms with Crippen molar-refractivity contribution in [2.75, 3.05) is 6.54 Å². The van der Waals surface area contributed by atoms with Gasteiger partial charge in [-0.25, -0.2) is 0 Å². The minimum Gasteiger partial charge on any atom is -0.481 e. The number of nitrogens with zero attached hydrogens (tertiary/aromatic N) is 1. The lowest BCUT2D eigenvalue weighted by Gasteiger charge is -2.45. The van der Waals surface area contributed by atoms with Crippen molar-refractivity contribution in [3.8, 4) is 0 Å². The maximum absolute atomic E-state index is 12.8. The van der Waals surface area contributed by atoms with Crippen molar-refractivity contribution in [2.24, 2.45) is 17.8 Å². The summed E-state index contributed by atoms with van der Waals surface area (Å²) < 4.78 is 0. The summed E-state index contributed by atoms with van der Waals surface area (Å²) in [6, 6.07) is 0.453. The normalized spacial score (nSPS) is 37.5. The molecule has 1 amide bonds. The molecule has 1 heterocycles. The zero-order chi connectivity index (χ0) is 14.1. The average molecular weight is 279 g/mol. The predicted molar refractivity (Wildman–Crippen MR) is 75.2 cm³/mol. The smallest absolute Gasteiger partial charge is 0.306 e. The molecule has 0 spiro atoms. The fraction of sp³-hybridized carbons (Fsp3) is 0.875. The fourth-order valence-electron chi connectivity index (χ4n) is 4.56. The third-order valence-electron chi connectivity index (χ3n) is 5.66. The molecule has 1 N–H and O–H groups in total. The van der Waals surface area contributed by atoms with Gasteiger partial charge >= 0.3 is 5.97 Å². The first-order valence-corrected chi connectivity index (χ1v) is 8.20. The summed E-state index contributed by atoms with van der Waals surface area (Å²) in [7, 11) is 0. The fourth-order valence-corrected chi connectivity index (χ4v) is 4.56. The van der Waals surface area contributed by atoms with Gasteiger partial charge in [-0.15, -0.1) is 0 Å². The molecule has 112 valence electrons. The topological polar surface area (TPSA) is 57.6 Å². The molecular formula is C16H25NO3. The van der Waals surface area contributed by atoms with E-state index in [-0.39, 0.29) is 17.7 Å². The van der Waals surface area contributed by atoms with Crippen molar-refractivity contribution >= 4 is 11.9 Å². The molecule has 0 radical (unpaired) electrons. The van der Waals surface area contributed by atoms with Gasteiger partial charge in [0.15, 0.2) is 0 Å². The molecule has 0 aromatic rings. The molecule has 3 fully saturated rings. The second-order valence-electron chi connectivity index (χ2n) is 6.83. The lowest BCUT2D eigenvalue weighted by molar-refractivity contribution is -0.143. The molecule has 2 aliphatic carbocycles. The minimum atomic E-state index is -0.727. The summed E-state index contributed by atoms with van der Waals surface area (Å²) in [4.78, 5) is 25.9. The minimum absolute atomic E-state index is 0.0308. The van der Waals surface area contributed by atoms with Gasteiger partial charge in [0.1, 0.15) is 0 Å². The molecule has 2 saturated carbocycles. The Hall–Kier alpha value is -1.06. The van der Waals surface area contributed by atoms with E-state index in [9.17, 15) is 9.59 Å². The first-order valence-electron chi connectivity index (χ1n) is 8.20. The quantitative estimate of drug-likeness (QED) is 0.845. The Labute approximate surface area is 120 Å². The van der Waals surface area contributed by atoms with Gasteiger partial charge in [0.2, 0.25) is 5.91 Å². The van der Waals surface area contributed by atoms with Crippen LogP contribution in [0.15, 0.2) is 0 Å². The van der Waals surface area contributed by atoms with Crippen LogP contribution in [-0.4, -0.2) is 34.5 Å². The van der Waals surface area contributed by atoms with Crippen LogP contribution in [0.5, 0.6) is 0 Å². The van der Waals surface area contributed by atoms with Crippen molar-refractivity contribution in [1.82, 2.24) is 4.90 Å². The first-order chi connectivity index (χ1) is 9.66. The Bertz CT molecular complexity index is 393. The highest BCUT2D eigenvalue weighted by Crippen LogP contribution is 2.38. The summed E-state index contributed by atoms with van der Waals surface area (Å²) in [5.74, 6) is -0.0920. The summed E-state index contributed by atoms with van der Waals surface area (Å²) in [6.07, 6.45) is 9.39. The Balaban J connectivity index is 1.65. The Morgan fingerprint density at radius 2 is 1.60 bits per heavy atom. The number of piperidine rings is 1. The van der Waals surface area contributed by atoms with Gasteiger partial charge in [0, 0.05) is 18.5 Å². The molecule has 3 rings (SSSR count). The molecule has 0 aromatic heterocycles. The van der Waals surface area contributed by atoms with Crippen LogP contribution in [-0.2, 0) is 9.59 Å². The number of hydrogen-bond acceptors (Lipinski definition) is 2. The average Bonchev–Trinajstić information content (AvgIpc) is 2.96. The predicted octanol–water partition coefficient (Wildman–Crippen LogP) is 2.67. The number of carbonyl (C=O) groups excluding carboxylic acids is 1. The van der Waals surface area contributed by atoms with E-state index in [0.29, 0.717) is 24.8 Å². The van der Waals surface area contributed by atoms with Gasteiger partial charge < -0.3 is 10.0 Å². The van der Waals surface area contributed by atoms with E-state index in [2.05, 4.69) is 4.90 Å². The van der Waals surface area contributed by atoms with Gasteiger partial charge in [-0.3, -0.25) is 9.59 Å². The first kappa shape index (κ1) is 13.9. The monoisotopic (exact) mass is 279 g/mol. The number of likely N-dealkylation sites (tertiary alicyclic amines) is 1. The summed E-state index contributed by atoms with van der Waals surface area (Å²) in [5, 5.41) is 9.09. The van der Waals surface area contributed by atoms with E-state index in [1.165, 1.54) is 25.7 Å². The summed E-state index contributed by atoms with van der Waals surface area (Å²) >= 11 is 0. The van der Waals surface area contributed by atoms with Gasteiger partial charge in [0.05, 0.1) is 5.92 Å².